The van der Waals surface area contributed by atoms with E-state index in [2.05, 4.69) is 13.8 Å². The quantitative estimate of drug-likeness (QED) is 0.327. The van der Waals surface area contributed by atoms with Gasteiger partial charge in [0.1, 0.15) is 0 Å². The summed E-state index contributed by atoms with van der Waals surface area (Å²) in [5.74, 6) is 0. The van der Waals surface area contributed by atoms with E-state index in [0.29, 0.717) is 0 Å². The normalized spacial score (nSPS) is 14.2. The minimum Gasteiger partial charge on any atom is -0.326 e. The molecule has 0 aromatic carbocycles. The number of hydrogen-bond donors (Lipinski definition) is 2. The Morgan fingerprint density at radius 1 is 0.455 bits per heavy atom. The van der Waals surface area contributed by atoms with Crippen LogP contribution in [0.1, 0.15) is 117 Å². The van der Waals surface area contributed by atoms with Crippen LogP contribution in [0.2, 0.25) is 0 Å². The van der Waals surface area contributed by atoms with E-state index < -0.39 is 0 Å². The van der Waals surface area contributed by atoms with Gasteiger partial charge < -0.3 is 11.5 Å². The summed E-state index contributed by atoms with van der Waals surface area (Å²) in [7, 11) is 0. The van der Waals surface area contributed by atoms with E-state index in [1.807, 2.05) is 0 Å². The first kappa shape index (κ1) is 21.9. The summed E-state index contributed by atoms with van der Waals surface area (Å²) in [6.45, 7) is 4.53. The van der Waals surface area contributed by atoms with E-state index in [0.717, 1.165) is 12.8 Å². The lowest BCUT2D eigenvalue weighted by Gasteiger charge is -2.19. The molecule has 0 aromatic heterocycles. The molecule has 22 heavy (non-hydrogen) atoms. The predicted octanol–water partition coefficient (Wildman–Crippen LogP) is 5.92. The summed E-state index contributed by atoms with van der Waals surface area (Å²) in [6.07, 6.45) is 21.3. The van der Waals surface area contributed by atoms with Crippen LogP contribution in [0.4, 0.5) is 0 Å². The SMILES string of the molecule is CCCCCCCCCCCCC(N)C(N)CCCCCC. The van der Waals surface area contributed by atoms with Crippen LogP contribution in [0.5, 0.6) is 0 Å². The fourth-order valence-electron chi connectivity index (χ4n) is 3.10. The topological polar surface area (TPSA) is 52.0 Å². The summed E-state index contributed by atoms with van der Waals surface area (Å²) in [4.78, 5) is 0. The van der Waals surface area contributed by atoms with Crippen LogP contribution in [0.15, 0.2) is 0 Å². The molecule has 0 spiro atoms. The molecule has 0 aromatic rings. The van der Waals surface area contributed by atoms with E-state index in [4.69, 9.17) is 11.5 Å². The van der Waals surface area contributed by atoms with Crippen LogP contribution in [-0.4, -0.2) is 12.1 Å². The molecule has 134 valence electrons. The summed E-state index contributed by atoms with van der Waals surface area (Å²) in [6, 6.07) is 0.436. The van der Waals surface area contributed by atoms with Gasteiger partial charge in [-0.2, -0.15) is 0 Å². The Balaban J connectivity index is 3.28. The zero-order valence-electron chi connectivity index (χ0n) is 15.6. The molecule has 0 saturated heterocycles. The maximum absolute atomic E-state index is 6.22. The molecule has 0 amide bonds. The average Bonchev–Trinajstić information content (AvgIpc) is 2.53. The predicted molar refractivity (Wildman–Crippen MR) is 101 cm³/mol. The molecule has 4 N–H and O–H groups in total. The van der Waals surface area contributed by atoms with E-state index in [1.165, 1.54) is 89.9 Å². The Bertz CT molecular complexity index is 206. The first-order valence-corrected chi connectivity index (χ1v) is 10.2. The van der Waals surface area contributed by atoms with E-state index >= 15 is 0 Å². The number of unbranched alkanes of at least 4 members (excludes halogenated alkanes) is 12. The van der Waals surface area contributed by atoms with Crippen LogP contribution in [0.25, 0.3) is 0 Å². The standard InChI is InChI=1S/C20H44N2/c1-3-5-7-9-10-11-12-13-14-16-18-20(22)19(21)17-15-8-6-4-2/h19-20H,3-18,21-22H2,1-2H3. The first-order valence-electron chi connectivity index (χ1n) is 10.2. The highest BCUT2D eigenvalue weighted by atomic mass is 14.8. The first-order chi connectivity index (χ1) is 10.7. The van der Waals surface area contributed by atoms with Gasteiger partial charge in [-0.05, 0) is 12.8 Å². The van der Waals surface area contributed by atoms with Gasteiger partial charge in [0.2, 0.25) is 0 Å². The molecular weight excluding hydrogens is 268 g/mol. The van der Waals surface area contributed by atoms with Crippen molar-refractivity contribution in [1.82, 2.24) is 0 Å². The molecule has 2 nitrogen and oxygen atoms in total. The zero-order chi connectivity index (χ0) is 16.5. The van der Waals surface area contributed by atoms with Crippen LogP contribution >= 0.6 is 0 Å². The Hall–Kier alpha value is -0.0800. The third-order valence-electron chi connectivity index (χ3n) is 4.83. The van der Waals surface area contributed by atoms with Crippen molar-refractivity contribution < 1.29 is 0 Å². The fourth-order valence-corrected chi connectivity index (χ4v) is 3.10. The van der Waals surface area contributed by atoms with E-state index in [1.54, 1.807) is 0 Å². The molecular formula is C20H44N2. The lowest BCUT2D eigenvalue weighted by molar-refractivity contribution is 0.430. The van der Waals surface area contributed by atoms with Gasteiger partial charge in [0, 0.05) is 12.1 Å². The summed E-state index contributed by atoms with van der Waals surface area (Å²) < 4.78 is 0. The summed E-state index contributed by atoms with van der Waals surface area (Å²) in [5.41, 5.74) is 12.4. The van der Waals surface area contributed by atoms with Gasteiger partial charge in [0.25, 0.3) is 0 Å². The number of hydrogen-bond acceptors (Lipinski definition) is 2. The molecule has 2 heteroatoms. The van der Waals surface area contributed by atoms with Gasteiger partial charge in [-0.1, -0.05) is 104 Å². The van der Waals surface area contributed by atoms with Crippen LogP contribution in [0, 0.1) is 0 Å². The molecule has 0 aliphatic heterocycles. The van der Waals surface area contributed by atoms with Crippen molar-refractivity contribution in [3.63, 3.8) is 0 Å². The Morgan fingerprint density at radius 3 is 1.09 bits per heavy atom. The average molecular weight is 313 g/mol. The maximum Gasteiger partial charge on any atom is 0.0192 e. The second-order valence-electron chi connectivity index (χ2n) is 7.15. The number of nitrogens with two attached hydrogens (primary N) is 2. The zero-order valence-corrected chi connectivity index (χ0v) is 15.6. The minimum atomic E-state index is 0.218. The molecule has 0 fully saturated rings. The fraction of sp³-hybridized carbons (Fsp3) is 1.00. The minimum absolute atomic E-state index is 0.218. The highest BCUT2D eigenvalue weighted by Gasteiger charge is 2.12. The van der Waals surface area contributed by atoms with Crippen molar-refractivity contribution in [3.8, 4) is 0 Å². The Morgan fingerprint density at radius 2 is 0.727 bits per heavy atom. The third-order valence-corrected chi connectivity index (χ3v) is 4.83. The van der Waals surface area contributed by atoms with Gasteiger partial charge in [-0.3, -0.25) is 0 Å². The molecule has 2 atom stereocenters. The van der Waals surface area contributed by atoms with Gasteiger partial charge in [-0.25, -0.2) is 0 Å². The Labute approximate surface area is 140 Å². The van der Waals surface area contributed by atoms with Gasteiger partial charge >= 0.3 is 0 Å². The van der Waals surface area contributed by atoms with Crippen molar-refractivity contribution in [2.24, 2.45) is 11.5 Å². The maximum atomic E-state index is 6.22. The third kappa shape index (κ3) is 14.8. The van der Waals surface area contributed by atoms with Crippen LogP contribution in [0.3, 0.4) is 0 Å². The smallest absolute Gasteiger partial charge is 0.0192 e. The second kappa shape index (κ2) is 17.3. The highest BCUT2D eigenvalue weighted by Crippen LogP contribution is 2.13. The van der Waals surface area contributed by atoms with Crippen LogP contribution in [-0.2, 0) is 0 Å². The molecule has 2 unspecified atom stereocenters. The highest BCUT2D eigenvalue weighted by molar-refractivity contribution is 4.75. The Kier molecular flexibility index (Phi) is 17.2. The summed E-state index contributed by atoms with van der Waals surface area (Å²) >= 11 is 0. The molecule has 0 heterocycles. The van der Waals surface area contributed by atoms with Crippen molar-refractivity contribution >= 4 is 0 Å². The van der Waals surface area contributed by atoms with Gasteiger partial charge in [-0.15, -0.1) is 0 Å². The summed E-state index contributed by atoms with van der Waals surface area (Å²) in [5, 5.41) is 0. The number of rotatable bonds is 17. The van der Waals surface area contributed by atoms with Crippen LogP contribution < -0.4 is 11.5 Å². The van der Waals surface area contributed by atoms with Crippen molar-refractivity contribution in [2.45, 2.75) is 129 Å². The van der Waals surface area contributed by atoms with Crippen molar-refractivity contribution in [3.05, 3.63) is 0 Å². The van der Waals surface area contributed by atoms with Crippen molar-refractivity contribution in [2.75, 3.05) is 0 Å². The molecule has 0 bridgehead atoms. The molecule has 0 aliphatic carbocycles. The second-order valence-corrected chi connectivity index (χ2v) is 7.15. The lowest BCUT2D eigenvalue weighted by atomic mass is 9.97. The monoisotopic (exact) mass is 312 g/mol. The molecule has 0 radical (unpaired) electrons. The lowest BCUT2D eigenvalue weighted by Crippen LogP contribution is -2.41. The molecule has 0 aliphatic rings. The van der Waals surface area contributed by atoms with Crippen molar-refractivity contribution in [1.29, 1.82) is 0 Å². The van der Waals surface area contributed by atoms with Gasteiger partial charge in [0.05, 0.1) is 0 Å². The van der Waals surface area contributed by atoms with Gasteiger partial charge in [0.15, 0.2) is 0 Å². The molecule has 0 rings (SSSR count). The van der Waals surface area contributed by atoms with E-state index in [-0.39, 0.29) is 12.1 Å². The largest absolute Gasteiger partial charge is 0.326 e. The van der Waals surface area contributed by atoms with E-state index in [9.17, 15) is 0 Å². The molecule has 0 saturated carbocycles.